The molecule has 0 unspecified atom stereocenters. The first kappa shape index (κ1) is 14.6. The third kappa shape index (κ3) is 3.86. The highest BCUT2D eigenvalue weighted by Crippen LogP contribution is 2.29. The molecule has 0 saturated heterocycles. The average molecular weight is 272 g/mol. The number of carbonyl (C=O) groups excluding carboxylic acids is 1. The number of urea groups is 1. The Morgan fingerprint density at radius 3 is 2.50 bits per heavy atom. The molecule has 0 atom stereocenters. The predicted octanol–water partition coefficient (Wildman–Crippen LogP) is 3.57. The molecule has 108 valence electrons. The van der Waals surface area contributed by atoms with E-state index in [-0.39, 0.29) is 11.4 Å². The van der Waals surface area contributed by atoms with Crippen molar-refractivity contribution in [1.29, 1.82) is 0 Å². The lowest BCUT2D eigenvalue weighted by atomic mass is 9.83. The maximum absolute atomic E-state index is 12.1. The second kappa shape index (κ2) is 6.12. The first-order valence-electron chi connectivity index (χ1n) is 7.23. The second-order valence-corrected chi connectivity index (χ2v) is 6.32. The number of hydrogen-bond donors (Lipinski definition) is 1. The van der Waals surface area contributed by atoms with Gasteiger partial charge in [-0.25, -0.2) is 4.79 Å². The van der Waals surface area contributed by atoms with E-state index in [0.717, 1.165) is 18.5 Å². The van der Waals surface area contributed by atoms with Gasteiger partial charge in [-0.05, 0) is 17.4 Å². The minimum absolute atomic E-state index is 0.0260. The van der Waals surface area contributed by atoms with Crippen LogP contribution in [0.15, 0.2) is 42.0 Å². The fourth-order valence-corrected chi connectivity index (χ4v) is 2.42. The summed E-state index contributed by atoms with van der Waals surface area (Å²) in [5.41, 5.74) is 2.79. The van der Waals surface area contributed by atoms with Crippen molar-refractivity contribution in [2.24, 2.45) is 5.41 Å². The van der Waals surface area contributed by atoms with E-state index in [1.165, 1.54) is 5.57 Å². The Balaban J connectivity index is 1.85. The van der Waals surface area contributed by atoms with E-state index in [9.17, 15) is 4.79 Å². The molecule has 1 N–H and O–H groups in total. The molecular formula is C17H24N2O. The van der Waals surface area contributed by atoms with Crippen LogP contribution < -0.4 is 5.32 Å². The van der Waals surface area contributed by atoms with Crippen molar-refractivity contribution in [2.45, 2.75) is 33.7 Å². The summed E-state index contributed by atoms with van der Waals surface area (Å²) in [7, 11) is 0. The van der Waals surface area contributed by atoms with Gasteiger partial charge in [-0.15, -0.1) is 0 Å². The van der Waals surface area contributed by atoms with Crippen LogP contribution in [0.1, 0.15) is 32.8 Å². The van der Waals surface area contributed by atoms with Crippen LogP contribution in [-0.4, -0.2) is 24.0 Å². The molecule has 0 fully saturated rings. The summed E-state index contributed by atoms with van der Waals surface area (Å²) < 4.78 is 0. The molecule has 1 aromatic rings. The average Bonchev–Trinajstić information content (AvgIpc) is 2.45. The number of nitrogens with one attached hydrogen (secondary N) is 1. The second-order valence-electron chi connectivity index (χ2n) is 6.32. The van der Waals surface area contributed by atoms with Gasteiger partial charge in [0.2, 0.25) is 0 Å². The number of amides is 2. The summed E-state index contributed by atoms with van der Waals surface area (Å²) >= 11 is 0. The molecule has 3 nitrogen and oxygen atoms in total. The molecule has 2 amide bonds. The van der Waals surface area contributed by atoms with Gasteiger partial charge in [-0.1, -0.05) is 62.8 Å². The van der Waals surface area contributed by atoms with Gasteiger partial charge in [0.15, 0.2) is 0 Å². The smallest absolute Gasteiger partial charge is 0.317 e. The highest BCUT2D eigenvalue weighted by atomic mass is 16.2. The Morgan fingerprint density at radius 1 is 1.25 bits per heavy atom. The van der Waals surface area contributed by atoms with E-state index < -0.39 is 0 Å². The standard InChI is InChI=1S/C17H24N2O/c1-17(2,3)15-9-11-19(12-10-15)16(20)18-13-14-7-5-4-6-8-14/h4-9H,10-13H2,1-3H3,(H,18,20). The van der Waals surface area contributed by atoms with Gasteiger partial charge < -0.3 is 10.2 Å². The summed E-state index contributed by atoms with van der Waals surface area (Å²) in [6.07, 6.45) is 3.17. The minimum Gasteiger partial charge on any atom is -0.334 e. The van der Waals surface area contributed by atoms with E-state index in [0.29, 0.717) is 13.1 Å². The van der Waals surface area contributed by atoms with Crippen molar-refractivity contribution in [3.8, 4) is 0 Å². The van der Waals surface area contributed by atoms with E-state index >= 15 is 0 Å². The first-order valence-corrected chi connectivity index (χ1v) is 7.23. The van der Waals surface area contributed by atoms with E-state index in [4.69, 9.17) is 0 Å². The predicted molar refractivity (Wildman–Crippen MR) is 82.4 cm³/mol. The monoisotopic (exact) mass is 272 g/mol. The molecule has 1 aliphatic heterocycles. The van der Waals surface area contributed by atoms with Crippen LogP contribution >= 0.6 is 0 Å². The van der Waals surface area contributed by atoms with Crippen molar-refractivity contribution in [1.82, 2.24) is 10.2 Å². The number of benzene rings is 1. The lowest BCUT2D eigenvalue weighted by Gasteiger charge is -2.32. The highest BCUT2D eigenvalue weighted by molar-refractivity contribution is 5.74. The first-order chi connectivity index (χ1) is 9.47. The number of carbonyl (C=O) groups is 1. The molecule has 1 aromatic carbocycles. The third-order valence-electron chi connectivity index (χ3n) is 3.75. The van der Waals surface area contributed by atoms with Gasteiger partial charge in [-0.3, -0.25) is 0 Å². The van der Waals surface area contributed by atoms with Crippen molar-refractivity contribution < 1.29 is 4.79 Å². The molecule has 0 bridgehead atoms. The molecule has 2 rings (SSSR count). The summed E-state index contributed by atoms with van der Waals surface area (Å²) in [6, 6.07) is 10.0. The van der Waals surface area contributed by atoms with E-state index in [1.807, 2.05) is 35.2 Å². The Morgan fingerprint density at radius 2 is 1.95 bits per heavy atom. The van der Waals surface area contributed by atoms with E-state index in [1.54, 1.807) is 0 Å². The molecule has 1 heterocycles. The lowest BCUT2D eigenvalue weighted by molar-refractivity contribution is 0.199. The van der Waals surface area contributed by atoms with Crippen LogP contribution in [0.4, 0.5) is 4.79 Å². The Hall–Kier alpha value is -1.77. The fraction of sp³-hybridized carbons (Fsp3) is 0.471. The molecule has 1 aliphatic rings. The zero-order valence-electron chi connectivity index (χ0n) is 12.6. The topological polar surface area (TPSA) is 32.3 Å². The maximum Gasteiger partial charge on any atom is 0.317 e. The van der Waals surface area contributed by atoms with Gasteiger partial charge >= 0.3 is 6.03 Å². The quantitative estimate of drug-likeness (QED) is 0.820. The van der Waals surface area contributed by atoms with Crippen molar-refractivity contribution in [3.05, 3.63) is 47.5 Å². The molecule has 0 aromatic heterocycles. The van der Waals surface area contributed by atoms with Crippen LogP contribution in [0, 0.1) is 5.41 Å². The molecule has 0 saturated carbocycles. The maximum atomic E-state index is 12.1. The van der Waals surface area contributed by atoms with Crippen LogP contribution in [-0.2, 0) is 6.54 Å². The van der Waals surface area contributed by atoms with Gasteiger partial charge in [0.25, 0.3) is 0 Å². The van der Waals surface area contributed by atoms with Crippen molar-refractivity contribution in [2.75, 3.05) is 13.1 Å². The Bertz CT molecular complexity index is 485. The van der Waals surface area contributed by atoms with Crippen molar-refractivity contribution >= 4 is 6.03 Å². The minimum atomic E-state index is 0.0260. The fourth-order valence-electron chi connectivity index (χ4n) is 2.42. The zero-order valence-corrected chi connectivity index (χ0v) is 12.6. The molecule has 20 heavy (non-hydrogen) atoms. The number of rotatable bonds is 2. The van der Waals surface area contributed by atoms with Crippen LogP contribution in [0.25, 0.3) is 0 Å². The number of hydrogen-bond acceptors (Lipinski definition) is 1. The van der Waals surface area contributed by atoms with Crippen LogP contribution in [0.2, 0.25) is 0 Å². The summed E-state index contributed by atoms with van der Waals surface area (Å²) in [5.74, 6) is 0. The van der Waals surface area contributed by atoms with E-state index in [2.05, 4.69) is 32.2 Å². The normalized spacial score (nSPS) is 15.8. The van der Waals surface area contributed by atoms with Gasteiger partial charge in [0, 0.05) is 19.6 Å². The largest absolute Gasteiger partial charge is 0.334 e. The molecule has 0 radical (unpaired) electrons. The summed E-state index contributed by atoms with van der Waals surface area (Å²) in [4.78, 5) is 14.0. The molecule has 0 aliphatic carbocycles. The highest BCUT2D eigenvalue weighted by Gasteiger charge is 2.23. The molecular weight excluding hydrogens is 248 g/mol. The van der Waals surface area contributed by atoms with Crippen LogP contribution in [0.3, 0.4) is 0 Å². The number of nitrogens with zero attached hydrogens (tertiary/aromatic N) is 1. The zero-order chi connectivity index (χ0) is 14.6. The summed E-state index contributed by atoms with van der Waals surface area (Å²) in [6.45, 7) is 8.79. The Kier molecular flexibility index (Phi) is 4.48. The third-order valence-corrected chi connectivity index (χ3v) is 3.75. The van der Waals surface area contributed by atoms with Gasteiger partial charge in [0.05, 0.1) is 0 Å². The Labute approximate surface area is 121 Å². The van der Waals surface area contributed by atoms with Gasteiger partial charge in [0.1, 0.15) is 0 Å². The SMILES string of the molecule is CC(C)(C)C1=CCN(C(=O)NCc2ccccc2)CC1. The molecule has 3 heteroatoms. The molecule has 0 spiro atoms. The van der Waals surface area contributed by atoms with Crippen molar-refractivity contribution in [3.63, 3.8) is 0 Å². The summed E-state index contributed by atoms with van der Waals surface area (Å²) in [5, 5.41) is 2.98. The lowest BCUT2D eigenvalue weighted by Crippen LogP contribution is -2.42. The van der Waals surface area contributed by atoms with Crippen LogP contribution in [0.5, 0.6) is 0 Å². The van der Waals surface area contributed by atoms with Gasteiger partial charge in [-0.2, -0.15) is 0 Å².